The molecular formula is C21H21N3OS3. The van der Waals surface area contributed by atoms with Crippen LogP contribution in [0.3, 0.4) is 0 Å². The van der Waals surface area contributed by atoms with Crippen molar-refractivity contribution in [1.82, 2.24) is 9.97 Å². The molecule has 0 aliphatic heterocycles. The van der Waals surface area contributed by atoms with Gasteiger partial charge in [0.25, 0.3) is 0 Å². The molecule has 7 heteroatoms. The highest BCUT2D eigenvalue weighted by molar-refractivity contribution is 7.93. The number of anilines is 1. The Kier molecular flexibility index (Phi) is 5.68. The molecule has 4 rings (SSSR count). The summed E-state index contributed by atoms with van der Waals surface area (Å²) in [7, 11) is 0. The largest absolute Gasteiger partial charge is 0.611 e. The standard InChI is InChI=1S/C21H21N3OS3/c1-3-4-11-28(25)21-18(22)17-15(14-7-5-13(2)6-8-14)12-16(24-20(17)27-21)19-23-9-10-26-19/h5-10,12H,3-4,11,22H2,1-2H3. The number of hydrogen-bond donors (Lipinski definition) is 1. The number of nitrogen functional groups attached to an aromatic ring is 1. The predicted octanol–water partition coefficient (Wildman–Crippen LogP) is 5.89. The van der Waals surface area contributed by atoms with Gasteiger partial charge in [-0.2, -0.15) is 0 Å². The van der Waals surface area contributed by atoms with Crippen LogP contribution < -0.4 is 5.73 Å². The number of unbranched alkanes of at least 4 members (excludes halogenated alkanes) is 1. The van der Waals surface area contributed by atoms with Crippen molar-refractivity contribution in [3.8, 4) is 21.8 Å². The lowest BCUT2D eigenvalue weighted by Gasteiger charge is -2.09. The van der Waals surface area contributed by atoms with E-state index in [0.717, 1.165) is 49.1 Å². The number of pyridine rings is 1. The number of aryl methyl sites for hydroxylation is 1. The van der Waals surface area contributed by atoms with Gasteiger partial charge < -0.3 is 10.3 Å². The van der Waals surface area contributed by atoms with Crippen molar-refractivity contribution in [2.75, 3.05) is 11.5 Å². The Labute approximate surface area is 175 Å². The number of nitrogens with two attached hydrogens (primary N) is 1. The fourth-order valence-electron chi connectivity index (χ4n) is 3.06. The molecule has 0 aliphatic carbocycles. The van der Waals surface area contributed by atoms with E-state index in [1.807, 2.05) is 11.4 Å². The van der Waals surface area contributed by atoms with Crippen LogP contribution in [0.2, 0.25) is 0 Å². The van der Waals surface area contributed by atoms with Gasteiger partial charge in [0.05, 0.1) is 0 Å². The van der Waals surface area contributed by atoms with E-state index in [4.69, 9.17) is 10.7 Å². The van der Waals surface area contributed by atoms with Gasteiger partial charge >= 0.3 is 0 Å². The molecule has 4 nitrogen and oxygen atoms in total. The third-order valence-corrected chi connectivity index (χ3v) is 8.36. The zero-order valence-corrected chi connectivity index (χ0v) is 18.2. The van der Waals surface area contributed by atoms with E-state index >= 15 is 0 Å². The normalized spacial score (nSPS) is 12.5. The number of fused-ring (bicyclic) bond motifs is 1. The molecule has 0 radical (unpaired) electrons. The Balaban J connectivity index is 1.93. The number of benzene rings is 1. The zero-order valence-electron chi connectivity index (χ0n) is 15.8. The monoisotopic (exact) mass is 427 g/mol. The smallest absolute Gasteiger partial charge is 0.232 e. The topological polar surface area (TPSA) is 74.9 Å². The summed E-state index contributed by atoms with van der Waals surface area (Å²) in [4.78, 5) is 10.1. The molecule has 1 unspecified atom stereocenters. The lowest BCUT2D eigenvalue weighted by atomic mass is 10.0. The molecule has 28 heavy (non-hydrogen) atoms. The fraction of sp³-hybridized carbons (Fsp3) is 0.238. The minimum atomic E-state index is -1.10. The Bertz CT molecular complexity index is 1090. The van der Waals surface area contributed by atoms with Gasteiger partial charge in [-0.15, -0.1) is 11.3 Å². The van der Waals surface area contributed by atoms with Crippen molar-refractivity contribution in [3.63, 3.8) is 0 Å². The first kappa shape index (κ1) is 19.4. The van der Waals surface area contributed by atoms with Crippen LogP contribution in [-0.4, -0.2) is 20.3 Å². The van der Waals surface area contributed by atoms with Crippen molar-refractivity contribution in [1.29, 1.82) is 0 Å². The van der Waals surface area contributed by atoms with Crippen LogP contribution in [0.15, 0.2) is 46.1 Å². The summed E-state index contributed by atoms with van der Waals surface area (Å²) in [5, 5.41) is 3.71. The van der Waals surface area contributed by atoms with Crippen LogP contribution in [-0.2, 0) is 11.2 Å². The average Bonchev–Trinajstić information content (AvgIpc) is 3.35. The van der Waals surface area contributed by atoms with Gasteiger partial charge in [0.1, 0.15) is 27.0 Å². The third-order valence-electron chi connectivity index (χ3n) is 4.57. The summed E-state index contributed by atoms with van der Waals surface area (Å²) in [6.07, 6.45) is 3.71. The molecule has 4 aromatic rings. The molecule has 0 spiro atoms. The van der Waals surface area contributed by atoms with E-state index in [0.29, 0.717) is 11.4 Å². The minimum absolute atomic E-state index is 0.600. The van der Waals surface area contributed by atoms with E-state index in [9.17, 15) is 4.55 Å². The molecule has 0 aliphatic rings. The Morgan fingerprint density at radius 3 is 2.68 bits per heavy atom. The number of aromatic nitrogens is 2. The highest BCUT2D eigenvalue weighted by atomic mass is 32.2. The Morgan fingerprint density at radius 1 is 1.21 bits per heavy atom. The second-order valence-corrected chi connectivity index (χ2v) is 10.3. The highest BCUT2D eigenvalue weighted by Gasteiger charge is 2.24. The maximum Gasteiger partial charge on any atom is 0.232 e. The number of rotatable bonds is 6. The second kappa shape index (κ2) is 8.21. The van der Waals surface area contributed by atoms with Crippen molar-refractivity contribution in [2.45, 2.75) is 30.9 Å². The second-order valence-electron chi connectivity index (χ2n) is 6.64. The van der Waals surface area contributed by atoms with Gasteiger partial charge in [-0.05, 0) is 41.7 Å². The summed E-state index contributed by atoms with van der Waals surface area (Å²) in [6, 6.07) is 10.4. The molecule has 144 valence electrons. The van der Waals surface area contributed by atoms with Gasteiger partial charge in [0.2, 0.25) is 4.21 Å². The molecular weight excluding hydrogens is 406 g/mol. The van der Waals surface area contributed by atoms with Crippen molar-refractivity contribution < 1.29 is 4.55 Å². The first-order valence-corrected chi connectivity index (χ1v) is 12.2. The Hall–Kier alpha value is -1.93. The minimum Gasteiger partial charge on any atom is -0.611 e. The van der Waals surface area contributed by atoms with Crippen molar-refractivity contribution >= 4 is 49.8 Å². The first-order chi connectivity index (χ1) is 13.6. The van der Waals surface area contributed by atoms with Crippen LogP contribution in [0.1, 0.15) is 25.3 Å². The summed E-state index contributed by atoms with van der Waals surface area (Å²) in [6.45, 7) is 4.17. The zero-order chi connectivity index (χ0) is 19.7. The molecule has 3 heterocycles. The molecule has 0 saturated carbocycles. The highest BCUT2D eigenvalue weighted by Crippen LogP contribution is 2.43. The quantitative estimate of drug-likeness (QED) is 0.390. The Morgan fingerprint density at radius 2 is 2.00 bits per heavy atom. The summed E-state index contributed by atoms with van der Waals surface area (Å²) >= 11 is 1.91. The first-order valence-electron chi connectivity index (χ1n) is 9.16. The molecule has 1 aromatic carbocycles. The summed E-state index contributed by atoms with van der Waals surface area (Å²) in [5.41, 5.74) is 11.2. The van der Waals surface area contributed by atoms with E-state index in [-0.39, 0.29) is 0 Å². The fourth-order valence-corrected chi connectivity index (χ4v) is 6.45. The van der Waals surface area contributed by atoms with Crippen molar-refractivity contribution in [2.24, 2.45) is 0 Å². The molecule has 0 bridgehead atoms. The number of nitrogens with zero attached hydrogens (tertiary/aromatic N) is 2. The molecule has 0 amide bonds. The molecule has 0 saturated heterocycles. The molecule has 2 N–H and O–H groups in total. The van der Waals surface area contributed by atoms with Gasteiger partial charge in [-0.3, -0.25) is 0 Å². The van der Waals surface area contributed by atoms with Gasteiger partial charge in [0, 0.05) is 17.0 Å². The molecule has 3 aromatic heterocycles. The third kappa shape index (κ3) is 3.67. The molecule has 0 fully saturated rings. The molecule has 1 atom stereocenters. The van der Waals surface area contributed by atoms with E-state index in [1.54, 1.807) is 17.5 Å². The number of thiophene rings is 1. The number of hydrogen-bond acceptors (Lipinski definition) is 6. The maximum atomic E-state index is 12.8. The van der Waals surface area contributed by atoms with Gasteiger partial charge in [-0.25, -0.2) is 9.97 Å². The maximum absolute atomic E-state index is 12.8. The average molecular weight is 428 g/mol. The summed E-state index contributed by atoms with van der Waals surface area (Å²) in [5.74, 6) is 0.632. The van der Waals surface area contributed by atoms with E-state index in [1.165, 1.54) is 16.9 Å². The lowest BCUT2D eigenvalue weighted by Crippen LogP contribution is -2.06. The summed E-state index contributed by atoms with van der Waals surface area (Å²) < 4.78 is 13.5. The van der Waals surface area contributed by atoms with Crippen LogP contribution in [0.25, 0.3) is 32.0 Å². The van der Waals surface area contributed by atoms with Gasteiger partial charge in [0.15, 0.2) is 0 Å². The van der Waals surface area contributed by atoms with Crippen LogP contribution >= 0.6 is 22.7 Å². The van der Waals surface area contributed by atoms with E-state index in [2.05, 4.69) is 43.1 Å². The van der Waals surface area contributed by atoms with Gasteiger partial charge in [-0.1, -0.05) is 54.5 Å². The van der Waals surface area contributed by atoms with Crippen LogP contribution in [0, 0.1) is 6.92 Å². The SMILES string of the molecule is CCCC[S+]([O-])c1sc2nc(-c3nccs3)cc(-c3ccc(C)cc3)c2c1N. The lowest BCUT2D eigenvalue weighted by molar-refractivity contribution is 0.594. The van der Waals surface area contributed by atoms with Crippen LogP contribution in [0.4, 0.5) is 5.69 Å². The number of thiazole rings is 1. The van der Waals surface area contributed by atoms with Crippen molar-refractivity contribution in [3.05, 3.63) is 47.5 Å². The predicted molar refractivity (Wildman–Crippen MR) is 121 cm³/mol. The van der Waals surface area contributed by atoms with Crippen LogP contribution in [0.5, 0.6) is 0 Å². The van der Waals surface area contributed by atoms with E-state index < -0.39 is 11.2 Å².